The van der Waals surface area contributed by atoms with Gasteiger partial charge in [-0.25, -0.2) is 4.98 Å². The van der Waals surface area contributed by atoms with Crippen LogP contribution in [0.25, 0.3) is 10.2 Å². The third-order valence-corrected chi connectivity index (χ3v) is 5.95. The van der Waals surface area contributed by atoms with E-state index in [9.17, 15) is 0 Å². The average molecular weight is 323 g/mol. The molecule has 0 amide bonds. The predicted octanol–water partition coefficient (Wildman–Crippen LogP) is 4.21. The number of hydrogen-bond acceptors (Lipinski definition) is 6. The molecule has 2 heterocycles. The summed E-state index contributed by atoms with van der Waals surface area (Å²) in [6.07, 6.45) is 7.29. The number of aromatic nitrogens is 2. The molecule has 0 atom stereocenters. The van der Waals surface area contributed by atoms with E-state index < -0.39 is 0 Å². The molecule has 0 radical (unpaired) electrons. The largest absolute Gasteiger partial charge is 0.367 e. The molecule has 21 heavy (non-hydrogen) atoms. The molecular weight excluding hydrogens is 300 g/mol. The van der Waals surface area contributed by atoms with Gasteiger partial charge < -0.3 is 10.6 Å². The van der Waals surface area contributed by atoms with E-state index in [1.165, 1.54) is 25.7 Å². The van der Waals surface area contributed by atoms with Gasteiger partial charge in [0, 0.05) is 17.8 Å². The Bertz CT molecular complexity index is 590. The van der Waals surface area contributed by atoms with Crippen molar-refractivity contribution < 1.29 is 0 Å². The average Bonchev–Trinajstić information content (AvgIpc) is 2.97. The van der Waals surface area contributed by atoms with Gasteiger partial charge in [0.25, 0.3) is 0 Å². The van der Waals surface area contributed by atoms with Crippen LogP contribution in [0.2, 0.25) is 0 Å². The van der Waals surface area contributed by atoms with Crippen LogP contribution in [0.1, 0.15) is 32.6 Å². The lowest BCUT2D eigenvalue weighted by molar-refractivity contribution is 0.472. The minimum absolute atomic E-state index is 0.542. The van der Waals surface area contributed by atoms with Crippen molar-refractivity contribution in [3.05, 3.63) is 11.4 Å². The van der Waals surface area contributed by atoms with Crippen LogP contribution in [-0.2, 0) is 0 Å². The molecule has 0 aromatic carbocycles. The lowest BCUT2D eigenvalue weighted by Gasteiger charge is -2.28. The number of thiophene rings is 1. The van der Waals surface area contributed by atoms with E-state index in [1.54, 1.807) is 11.3 Å². The van der Waals surface area contributed by atoms with Crippen LogP contribution in [0.15, 0.2) is 11.4 Å². The zero-order valence-corrected chi connectivity index (χ0v) is 14.2. The van der Waals surface area contributed by atoms with Crippen molar-refractivity contribution in [3.8, 4) is 0 Å². The number of thioether (sulfide) groups is 1. The molecule has 1 fully saturated rings. The molecule has 0 aliphatic heterocycles. The first kappa shape index (κ1) is 14.9. The van der Waals surface area contributed by atoms with E-state index in [4.69, 9.17) is 0 Å². The number of hydrogen-bond donors (Lipinski definition) is 2. The van der Waals surface area contributed by atoms with Crippen molar-refractivity contribution in [2.24, 2.45) is 0 Å². The molecule has 0 bridgehead atoms. The maximum Gasteiger partial charge on any atom is 0.226 e. The number of rotatable bonds is 5. The zero-order valence-electron chi connectivity index (χ0n) is 12.6. The predicted molar refractivity (Wildman–Crippen MR) is 94.8 cm³/mol. The van der Waals surface area contributed by atoms with Gasteiger partial charge in [-0.1, -0.05) is 0 Å². The van der Waals surface area contributed by atoms with Crippen LogP contribution in [0.5, 0.6) is 0 Å². The molecule has 114 valence electrons. The highest BCUT2D eigenvalue weighted by atomic mass is 32.2. The monoisotopic (exact) mass is 322 g/mol. The molecular formula is C15H22N4S2. The summed E-state index contributed by atoms with van der Waals surface area (Å²) in [4.78, 5) is 10.3. The van der Waals surface area contributed by atoms with Crippen molar-refractivity contribution >= 4 is 45.1 Å². The summed E-state index contributed by atoms with van der Waals surface area (Å²) in [7, 11) is 0. The van der Waals surface area contributed by atoms with Crippen LogP contribution in [-0.4, -0.2) is 34.1 Å². The molecule has 0 unspecified atom stereocenters. The Labute approximate surface area is 134 Å². The van der Waals surface area contributed by atoms with E-state index in [0.717, 1.165) is 33.8 Å². The molecule has 0 saturated heterocycles. The van der Waals surface area contributed by atoms with Crippen molar-refractivity contribution in [1.29, 1.82) is 0 Å². The number of anilines is 2. The number of nitrogens with one attached hydrogen (secondary N) is 2. The smallest absolute Gasteiger partial charge is 0.226 e. The maximum atomic E-state index is 4.66. The quantitative estimate of drug-likeness (QED) is 0.863. The highest BCUT2D eigenvalue weighted by Gasteiger charge is 2.21. The van der Waals surface area contributed by atoms with Crippen molar-refractivity contribution in [2.45, 2.75) is 43.9 Å². The molecule has 2 aromatic rings. The number of nitrogens with zero attached hydrogens (tertiary/aromatic N) is 2. The maximum absolute atomic E-state index is 4.66. The van der Waals surface area contributed by atoms with Crippen LogP contribution in [0.3, 0.4) is 0 Å². The van der Waals surface area contributed by atoms with Gasteiger partial charge in [-0.05, 0) is 50.3 Å². The highest BCUT2D eigenvalue weighted by molar-refractivity contribution is 7.99. The van der Waals surface area contributed by atoms with Crippen LogP contribution < -0.4 is 10.6 Å². The summed E-state index contributed by atoms with van der Waals surface area (Å²) in [5.41, 5.74) is 0. The number of fused-ring (bicyclic) bond motifs is 1. The van der Waals surface area contributed by atoms with Gasteiger partial charge in [-0.15, -0.1) is 11.3 Å². The second-order valence-corrected chi connectivity index (χ2v) is 7.45. The molecule has 4 nitrogen and oxygen atoms in total. The molecule has 0 spiro atoms. The third-order valence-electron chi connectivity index (χ3n) is 4.01. The topological polar surface area (TPSA) is 49.8 Å². The fourth-order valence-electron chi connectivity index (χ4n) is 2.84. The second-order valence-electron chi connectivity index (χ2n) is 5.42. The molecule has 1 aliphatic rings. The Morgan fingerprint density at radius 3 is 2.81 bits per heavy atom. The molecule has 2 aromatic heterocycles. The van der Waals surface area contributed by atoms with Gasteiger partial charge in [0.15, 0.2) is 0 Å². The minimum atomic E-state index is 0.542. The zero-order chi connectivity index (χ0) is 14.7. The summed E-state index contributed by atoms with van der Waals surface area (Å²) < 4.78 is 0. The first-order valence-electron chi connectivity index (χ1n) is 7.58. The SMILES string of the molecule is CCNc1nc(NC2CCC(SC)CC2)c2ccsc2n1. The molecule has 3 rings (SSSR count). The van der Waals surface area contributed by atoms with Gasteiger partial charge in [0.2, 0.25) is 5.95 Å². The van der Waals surface area contributed by atoms with E-state index in [0.29, 0.717) is 6.04 Å². The second kappa shape index (κ2) is 6.83. The Balaban J connectivity index is 1.78. The van der Waals surface area contributed by atoms with E-state index in [-0.39, 0.29) is 0 Å². The summed E-state index contributed by atoms with van der Waals surface area (Å²) in [6.45, 7) is 2.91. The van der Waals surface area contributed by atoms with Crippen LogP contribution >= 0.6 is 23.1 Å². The standard InChI is InChI=1S/C15H22N4S2/c1-3-16-15-18-13(12-8-9-21-14(12)19-15)17-10-4-6-11(20-2)7-5-10/h8-11H,3-7H2,1-2H3,(H2,16,17,18,19). The van der Waals surface area contributed by atoms with Crippen molar-refractivity contribution in [3.63, 3.8) is 0 Å². The third kappa shape index (κ3) is 3.43. The lowest BCUT2D eigenvalue weighted by Crippen LogP contribution is -2.27. The fourth-order valence-corrected chi connectivity index (χ4v) is 4.35. The van der Waals surface area contributed by atoms with Gasteiger partial charge in [0.05, 0.1) is 5.39 Å². The Morgan fingerprint density at radius 1 is 1.29 bits per heavy atom. The van der Waals surface area contributed by atoms with Crippen LogP contribution in [0, 0.1) is 0 Å². The van der Waals surface area contributed by atoms with E-state index >= 15 is 0 Å². The summed E-state index contributed by atoms with van der Waals surface area (Å²) in [6, 6.07) is 2.66. The Kier molecular flexibility index (Phi) is 4.85. The minimum Gasteiger partial charge on any atom is -0.367 e. The summed E-state index contributed by atoms with van der Waals surface area (Å²) >= 11 is 3.68. The van der Waals surface area contributed by atoms with E-state index in [2.05, 4.69) is 45.2 Å². The first-order valence-corrected chi connectivity index (χ1v) is 9.75. The first-order chi connectivity index (χ1) is 10.3. The van der Waals surface area contributed by atoms with Crippen molar-refractivity contribution in [2.75, 3.05) is 23.4 Å². The molecule has 1 saturated carbocycles. The van der Waals surface area contributed by atoms with E-state index in [1.807, 2.05) is 11.8 Å². The Hall–Kier alpha value is -1.01. The van der Waals surface area contributed by atoms with Gasteiger partial charge >= 0.3 is 0 Å². The van der Waals surface area contributed by atoms with Crippen molar-refractivity contribution in [1.82, 2.24) is 9.97 Å². The van der Waals surface area contributed by atoms with Gasteiger partial charge in [0.1, 0.15) is 10.6 Å². The normalized spacial score (nSPS) is 22.4. The lowest BCUT2D eigenvalue weighted by atomic mass is 9.95. The Morgan fingerprint density at radius 2 is 2.10 bits per heavy atom. The fraction of sp³-hybridized carbons (Fsp3) is 0.600. The molecule has 6 heteroatoms. The van der Waals surface area contributed by atoms with Gasteiger partial charge in [-0.2, -0.15) is 16.7 Å². The van der Waals surface area contributed by atoms with Gasteiger partial charge in [-0.3, -0.25) is 0 Å². The highest BCUT2D eigenvalue weighted by Crippen LogP contribution is 2.31. The van der Waals surface area contributed by atoms with Crippen LogP contribution in [0.4, 0.5) is 11.8 Å². The summed E-state index contributed by atoms with van der Waals surface area (Å²) in [5.74, 6) is 1.72. The molecule has 1 aliphatic carbocycles. The summed E-state index contributed by atoms with van der Waals surface area (Å²) in [5, 5.41) is 11.0. The molecule has 2 N–H and O–H groups in total.